The highest BCUT2D eigenvalue weighted by Gasteiger charge is 2.18. The molecule has 0 saturated carbocycles. The second kappa shape index (κ2) is 5.55. The van der Waals surface area contributed by atoms with Gasteiger partial charge in [-0.15, -0.1) is 5.10 Å². The van der Waals surface area contributed by atoms with Crippen LogP contribution < -0.4 is 11.5 Å². The molecule has 4 aromatic rings. The van der Waals surface area contributed by atoms with E-state index in [0.717, 1.165) is 16.8 Å². The third kappa shape index (κ3) is 2.55. The largest absolute Gasteiger partial charge is 0.399 e. The van der Waals surface area contributed by atoms with Crippen LogP contribution in [0.5, 0.6) is 0 Å². The average Bonchev–Trinajstić information content (AvgIpc) is 3.17. The number of aromatic nitrogens is 6. The lowest BCUT2D eigenvalue weighted by Crippen LogP contribution is -2.06. The maximum absolute atomic E-state index is 13.9. The molecule has 5 N–H and O–H groups in total. The first-order valence-electron chi connectivity index (χ1n) is 7.58. The van der Waals surface area contributed by atoms with E-state index >= 15 is 0 Å². The van der Waals surface area contributed by atoms with E-state index in [-0.39, 0.29) is 17.3 Å². The fourth-order valence-electron chi connectivity index (χ4n) is 2.69. The monoisotopic (exact) mass is 338 g/mol. The Morgan fingerprint density at radius 3 is 2.76 bits per heavy atom. The van der Waals surface area contributed by atoms with Crippen LogP contribution in [0, 0.1) is 12.7 Å². The lowest BCUT2D eigenvalue weighted by atomic mass is 10.1. The molecule has 0 aliphatic heterocycles. The lowest BCUT2D eigenvalue weighted by Gasteiger charge is -2.06. The summed E-state index contributed by atoms with van der Waals surface area (Å²) < 4.78 is 15.5. The summed E-state index contributed by atoms with van der Waals surface area (Å²) in [5.41, 5.74) is 15.6. The molecule has 0 radical (unpaired) electrons. The number of nitrogen functional groups attached to an aromatic ring is 2. The van der Waals surface area contributed by atoms with Gasteiger partial charge in [0.1, 0.15) is 17.2 Å². The molecule has 25 heavy (non-hydrogen) atoms. The topological polar surface area (TPSA) is 124 Å². The summed E-state index contributed by atoms with van der Waals surface area (Å²) in [6.07, 6.45) is 1.48. The number of nitrogens with two attached hydrogens (primary N) is 2. The predicted molar refractivity (Wildman–Crippen MR) is 92.0 cm³/mol. The number of hydrogen-bond acceptors (Lipinski definition) is 6. The Morgan fingerprint density at radius 2 is 2.04 bits per heavy atom. The smallest absolute Gasteiger partial charge is 0.222 e. The van der Waals surface area contributed by atoms with Gasteiger partial charge in [-0.25, -0.2) is 14.1 Å². The lowest BCUT2D eigenvalue weighted by molar-refractivity contribution is 0.633. The number of H-pyrrole nitrogens is 1. The molecule has 126 valence electrons. The third-order valence-corrected chi connectivity index (χ3v) is 3.98. The maximum atomic E-state index is 13.9. The first-order chi connectivity index (χ1) is 12.0. The summed E-state index contributed by atoms with van der Waals surface area (Å²) in [6.45, 7) is 2.37. The molecule has 0 spiro atoms. The summed E-state index contributed by atoms with van der Waals surface area (Å²) in [4.78, 5) is 11.1. The Hall–Kier alpha value is -3.49. The highest BCUT2D eigenvalue weighted by Crippen LogP contribution is 2.26. The van der Waals surface area contributed by atoms with E-state index in [1.54, 1.807) is 4.68 Å². The third-order valence-electron chi connectivity index (χ3n) is 3.98. The summed E-state index contributed by atoms with van der Waals surface area (Å²) >= 11 is 0. The van der Waals surface area contributed by atoms with E-state index in [4.69, 9.17) is 11.5 Å². The minimum atomic E-state index is -0.442. The molecule has 0 aliphatic carbocycles. The van der Waals surface area contributed by atoms with Crippen molar-refractivity contribution in [1.29, 1.82) is 0 Å². The van der Waals surface area contributed by atoms with Gasteiger partial charge in [0.25, 0.3) is 0 Å². The minimum absolute atomic E-state index is 0.0218. The molecule has 0 atom stereocenters. The van der Waals surface area contributed by atoms with Gasteiger partial charge >= 0.3 is 0 Å². The van der Waals surface area contributed by atoms with Gasteiger partial charge in [0.15, 0.2) is 11.2 Å². The summed E-state index contributed by atoms with van der Waals surface area (Å²) in [5, 5.41) is 8.24. The Labute approximate surface area is 141 Å². The van der Waals surface area contributed by atoms with Crippen molar-refractivity contribution in [3.63, 3.8) is 0 Å². The highest BCUT2D eigenvalue weighted by molar-refractivity contribution is 5.86. The standard InChI is InChI=1S/C16H15FN8/c1-8-6-9(2-3-11(8)18)7-25-15-14(23-24-25)13(21-16(19)22-15)12-10(17)4-5-20-12/h2-6,20H,7,18H2,1H3,(H2,19,21,22). The van der Waals surface area contributed by atoms with Crippen molar-refractivity contribution < 1.29 is 4.39 Å². The summed E-state index contributed by atoms with van der Waals surface area (Å²) in [6, 6.07) is 7.03. The molecular weight excluding hydrogens is 323 g/mol. The molecule has 0 aliphatic rings. The fraction of sp³-hybridized carbons (Fsp3) is 0.125. The SMILES string of the molecule is Cc1cc(Cn2nnc3c(-c4[nH]ccc4F)nc(N)nc32)ccc1N. The van der Waals surface area contributed by atoms with E-state index in [0.29, 0.717) is 17.7 Å². The van der Waals surface area contributed by atoms with E-state index in [1.165, 1.54) is 12.3 Å². The molecule has 1 aromatic carbocycles. The second-order valence-corrected chi connectivity index (χ2v) is 5.74. The molecule has 0 fully saturated rings. The number of nitrogens with one attached hydrogen (secondary N) is 1. The van der Waals surface area contributed by atoms with Crippen LogP contribution in [-0.4, -0.2) is 29.9 Å². The fourth-order valence-corrected chi connectivity index (χ4v) is 2.69. The molecular formula is C16H15FN8. The van der Waals surface area contributed by atoms with Crippen LogP contribution in [0.4, 0.5) is 16.0 Å². The van der Waals surface area contributed by atoms with Crippen molar-refractivity contribution in [1.82, 2.24) is 29.9 Å². The molecule has 9 heteroatoms. The molecule has 0 saturated heterocycles. The Kier molecular flexibility index (Phi) is 3.34. The number of halogens is 1. The number of aromatic amines is 1. The Balaban J connectivity index is 1.83. The van der Waals surface area contributed by atoms with Crippen molar-refractivity contribution in [2.75, 3.05) is 11.5 Å². The second-order valence-electron chi connectivity index (χ2n) is 5.74. The van der Waals surface area contributed by atoms with Crippen molar-refractivity contribution >= 4 is 22.8 Å². The first kappa shape index (κ1) is 15.1. The molecule has 3 aromatic heterocycles. The van der Waals surface area contributed by atoms with Gasteiger partial charge in [-0.05, 0) is 30.2 Å². The van der Waals surface area contributed by atoms with E-state index < -0.39 is 5.82 Å². The van der Waals surface area contributed by atoms with Crippen LogP contribution in [0.15, 0.2) is 30.5 Å². The predicted octanol–water partition coefficient (Wildman–Crippen LogP) is 1.88. The van der Waals surface area contributed by atoms with Crippen molar-refractivity contribution in [3.8, 4) is 11.4 Å². The van der Waals surface area contributed by atoms with Crippen LogP contribution in [0.3, 0.4) is 0 Å². The van der Waals surface area contributed by atoms with Gasteiger partial charge in [-0.1, -0.05) is 17.3 Å². The van der Waals surface area contributed by atoms with Gasteiger partial charge < -0.3 is 16.5 Å². The molecule has 8 nitrogen and oxygen atoms in total. The number of rotatable bonds is 3. The maximum Gasteiger partial charge on any atom is 0.222 e. The van der Waals surface area contributed by atoms with Crippen molar-refractivity contribution in [3.05, 3.63) is 47.4 Å². The van der Waals surface area contributed by atoms with Crippen LogP contribution in [-0.2, 0) is 6.54 Å². The Morgan fingerprint density at radius 1 is 1.20 bits per heavy atom. The quantitative estimate of drug-likeness (QED) is 0.490. The van der Waals surface area contributed by atoms with Crippen LogP contribution in [0.2, 0.25) is 0 Å². The number of fused-ring (bicyclic) bond motifs is 1. The van der Waals surface area contributed by atoms with Gasteiger partial charge in [0.2, 0.25) is 5.95 Å². The minimum Gasteiger partial charge on any atom is -0.399 e. The van der Waals surface area contributed by atoms with Crippen LogP contribution in [0.1, 0.15) is 11.1 Å². The zero-order valence-electron chi connectivity index (χ0n) is 13.4. The first-order valence-corrected chi connectivity index (χ1v) is 7.58. The molecule has 0 unspecified atom stereocenters. The normalized spacial score (nSPS) is 11.3. The van der Waals surface area contributed by atoms with Crippen LogP contribution in [0.25, 0.3) is 22.6 Å². The molecule has 0 amide bonds. The van der Waals surface area contributed by atoms with Gasteiger partial charge in [-0.3, -0.25) is 0 Å². The van der Waals surface area contributed by atoms with E-state index in [2.05, 4.69) is 25.3 Å². The highest BCUT2D eigenvalue weighted by atomic mass is 19.1. The van der Waals surface area contributed by atoms with Crippen LogP contribution >= 0.6 is 0 Å². The summed E-state index contributed by atoms with van der Waals surface area (Å²) in [7, 11) is 0. The van der Waals surface area contributed by atoms with Crippen molar-refractivity contribution in [2.45, 2.75) is 13.5 Å². The molecule has 0 bridgehead atoms. The number of aryl methyl sites for hydroxylation is 1. The summed E-state index contributed by atoms with van der Waals surface area (Å²) in [5.74, 6) is -0.420. The zero-order valence-corrected chi connectivity index (χ0v) is 13.4. The molecule has 4 rings (SSSR count). The van der Waals surface area contributed by atoms with E-state index in [9.17, 15) is 4.39 Å². The van der Waals surface area contributed by atoms with Gasteiger partial charge in [-0.2, -0.15) is 4.98 Å². The Bertz CT molecular complexity index is 1080. The number of benzene rings is 1. The molecule has 3 heterocycles. The zero-order chi connectivity index (χ0) is 17.6. The average molecular weight is 338 g/mol. The number of nitrogens with zero attached hydrogens (tertiary/aromatic N) is 5. The number of anilines is 2. The number of hydrogen-bond donors (Lipinski definition) is 3. The van der Waals surface area contributed by atoms with E-state index in [1.807, 2.05) is 25.1 Å². The van der Waals surface area contributed by atoms with Crippen molar-refractivity contribution in [2.24, 2.45) is 0 Å². The van der Waals surface area contributed by atoms with Gasteiger partial charge in [0, 0.05) is 11.9 Å². The van der Waals surface area contributed by atoms with Gasteiger partial charge in [0.05, 0.1) is 6.54 Å².